The fourth-order valence-corrected chi connectivity index (χ4v) is 3.77. The van der Waals surface area contributed by atoms with Crippen molar-refractivity contribution in [2.45, 2.75) is 19.3 Å². The summed E-state index contributed by atoms with van der Waals surface area (Å²) in [5, 5.41) is 2.77. The number of benzene rings is 1. The molecule has 0 unspecified atom stereocenters. The van der Waals surface area contributed by atoms with Gasteiger partial charge in [-0.1, -0.05) is 30.3 Å². The highest BCUT2D eigenvalue weighted by atomic mass is 32.2. The highest BCUT2D eigenvalue weighted by Crippen LogP contribution is 2.12. The molecule has 1 saturated heterocycles. The molecule has 1 aliphatic rings. The standard InChI is InChI=1S/C14H20N2O3S/c17-14(12-16-10-4-5-11-20(16,18)19)15-9-8-13-6-2-1-3-7-13/h1-3,6-7H,4-5,8-12H2,(H,15,17). The van der Waals surface area contributed by atoms with E-state index in [1.54, 1.807) is 0 Å². The van der Waals surface area contributed by atoms with Gasteiger partial charge in [-0.3, -0.25) is 4.79 Å². The smallest absolute Gasteiger partial charge is 0.235 e. The number of hydrogen-bond donors (Lipinski definition) is 1. The van der Waals surface area contributed by atoms with Crippen LogP contribution >= 0.6 is 0 Å². The topological polar surface area (TPSA) is 66.5 Å². The molecular weight excluding hydrogens is 276 g/mol. The van der Waals surface area contributed by atoms with E-state index in [-0.39, 0.29) is 18.2 Å². The van der Waals surface area contributed by atoms with Crippen molar-refractivity contribution in [3.05, 3.63) is 35.9 Å². The van der Waals surface area contributed by atoms with Crippen LogP contribution in [-0.2, 0) is 21.2 Å². The van der Waals surface area contributed by atoms with Crippen molar-refractivity contribution in [1.82, 2.24) is 9.62 Å². The zero-order valence-electron chi connectivity index (χ0n) is 11.4. The summed E-state index contributed by atoms with van der Waals surface area (Å²) < 4.78 is 24.8. The Morgan fingerprint density at radius 3 is 2.65 bits per heavy atom. The van der Waals surface area contributed by atoms with Crippen LogP contribution in [0.2, 0.25) is 0 Å². The summed E-state index contributed by atoms with van der Waals surface area (Å²) in [4.78, 5) is 11.8. The number of carbonyl (C=O) groups excluding carboxylic acids is 1. The maximum Gasteiger partial charge on any atom is 0.235 e. The Morgan fingerprint density at radius 2 is 1.95 bits per heavy atom. The number of hydrogen-bond acceptors (Lipinski definition) is 3. The van der Waals surface area contributed by atoms with Crippen LogP contribution in [0.1, 0.15) is 18.4 Å². The van der Waals surface area contributed by atoms with Crippen LogP contribution in [0.25, 0.3) is 0 Å². The van der Waals surface area contributed by atoms with Gasteiger partial charge in [0.2, 0.25) is 15.9 Å². The first-order chi connectivity index (χ1) is 9.58. The van der Waals surface area contributed by atoms with Gasteiger partial charge in [0.05, 0.1) is 12.3 Å². The predicted octanol–water partition coefficient (Wildman–Crippen LogP) is 0.771. The van der Waals surface area contributed by atoms with Crippen LogP contribution in [0.15, 0.2) is 30.3 Å². The number of amides is 1. The molecule has 0 aliphatic carbocycles. The average molecular weight is 296 g/mol. The van der Waals surface area contributed by atoms with Crippen LogP contribution in [0, 0.1) is 0 Å². The summed E-state index contributed by atoms with van der Waals surface area (Å²) in [6, 6.07) is 9.86. The molecule has 1 aliphatic heterocycles. The predicted molar refractivity (Wildman–Crippen MR) is 77.7 cm³/mol. The molecule has 2 rings (SSSR count). The molecule has 0 radical (unpaired) electrons. The Morgan fingerprint density at radius 1 is 1.20 bits per heavy atom. The molecule has 1 aromatic carbocycles. The van der Waals surface area contributed by atoms with Crippen LogP contribution in [0.3, 0.4) is 0 Å². The minimum absolute atomic E-state index is 0.0584. The van der Waals surface area contributed by atoms with Gasteiger partial charge in [-0.15, -0.1) is 0 Å². The van der Waals surface area contributed by atoms with E-state index in [2.05, 4.69) is 5.32 Å². The second-order valence-electron chi connectivity index (χ2n) is 4.94. The molecule has 5 nitrogen and oxygen atoms in total. The number of carbonyl (C=O) groups is 1. The van der Waals surface area contributed by atoms with E-state index in [1.165, 1.54) is 4.31 Å². The molecule has 6 heteroatoms. The fraction of sp³-hybridized carbons (Fsp3) is 0.500. The molecule has 0 bridgehead atoms. The van der Waals surface area contributed by atoms with E-state index in [1.807, 2.05) is 30.3 Å². The Hall–Kier alpha value is -1.40. The third-order valence-corrected chi connectivity index (χ3v) is 5.25. The fourth-order valence-electron chi connectivity index (χ4n) is 2.23. The molecule has 0 aromatic heterocycles. The van der Waals surface area contributed by atoms with E-state index < -0.39 is 10.0 Å². The van der Waals surface area contributed by atoms with Gasteiger partial charge >= 0.3 is 0 Å². The molecule has 1 heterocycles. The number of nitrogens with one attached hydrogen (secondary N) is 1. The van der Waals surface area contributed by atoms with Gasteiger partial charge in [0.15, 0.2) is 0 Å². The Bertz CT molecular complexity index is 543. The van der Waals surface area contributed by atoms with E-state index in [9.17, 15) is 13.2 Å². The molecule has 110 valence electrons. The summed E-state index contributed by atoms with van der Waals surface area (Å²) in [6.45, 7) is 0.919. The quantitative estimate of drug-likeness (QED) is 0.873. The highest BCUT2D eigenvalue weighted by Gasteiger charge is 2.27. The maximum atomic E-state index is 11.8. The average Bonchev–Trinajstić information content (AvgIpc) is 2.42. The lowest BCUT2D eigenvalue weighted by Crippen LogP contribution is -2.44. The lowest BCUT2D eigenvalue weighted by atomic mass is 10.1. The second kappa shape index (κ2) is 6.85. The molecule has 1 fully saturated rings. The zero-order valence-corrected chi connectivity index (χ0v) is 12.2. The summed E-state index contributed by atoms with van der Waals surface area (Å²) in [5.41, 5.74) is 1.15. The lowest BCUT2D eigenvalue weighted by Gasteiger charge is -2.25. The van der Waals surface area contributed by atoms with Crippen molar-refractivity contribution in [1.29, 1.82) is 0 Å². The van der Waals surface area contributed by atoms with Gasteiger partial charge in [-0.25, -0.2) is 8.42 Å². The minimum Gasteiger partial charge on any atom is -0.355 e. The summed E-state index contributed by atoms with van der Waals surface area (Å²) in [7, 11) is -3.22. The lowest BCUT2D eigenvalue weighted by molar-refractivity contribution is -0.121. The molecule has 1 N–H and O–H groups in total. The van der Waals surface area contributed by atoms with E-state index in [4.69, 9.17) is 0 Å². The first-order valence-corrected chi connectivity index (χ1v) is 8.47. The van der Waals surface area contributed by atoms with Gasteiger partial charge < -0.3 is 5.32 Å². The summed E-state index contributed by atoms with van der Waals surface area (Å²) in [5.74, 6) is -0.0731. The van der Waals surface area contributed by atoms with Crippen LogP contribution < -0.4 is 5.32 Å². The van der Waals surface area contributed by atoms with Crippen LogP contribution in [0.4, 0.5) is 0 Å². The van der Waals surface area contributed by atoms with Crippen LogP contribution in [0.5, 0.6) is 0 Å². The second-order valence-corrected chi connectivity index (χ2v) is 7.03. The molecular formula is C14H20N2O3S. The maximum absolute atomic E-state index is 11.8. The van der Waals surface area contributed by atoms with E-state index in [0.29, 0.717) is 19.5 Å². The summed E-state index contributed by atoms with van der Waals surface area (Å²) >= 11 is 0. The number of rotatable bonds is 5. The third kappa shape index (κ3) is 4.31. The zero-order chi connectivity index (χ0) is 14.4. The molecule has 20 heavy (non-hydrogen) atoms. The van der Waals surface area contributed by atoms with Crippen LogP contribution in [-0.4, -0.2) is 44.0 Å². The van der Waals surface area contributed by atoms with Gasteiger partial charge in [0.1, 0.15) is 0 Å². The van der Waals surface area contributed by atoms with Crippen molar-refractivity contribution in [3.63, 3.8) is 0 Å². The highest BCUT2D eigenvalue weighted by molar-refractivity contribution is 7.89. The molecule has 0 spiro atoms. The first-order valence-electron chi connectivity index (χ1n) is 6.86. The molecule has 0 atom stereocenters. The molecule has 1 aromatic rings. The van der Waals surface area contributed by atoms with Crippen molar-refractivity contribution in [2.75, 3.05) is 25.4 Å². The van der Waals surface area contributed by atoms with Crippen molar-refractivity contribution in [2.24, 2.45) is 0 Å². The van der Waals surface area contributed by atoms with Crippen molar-refractivity contribution < 1.29 is 13.2 Å². The SMILES string of the molecule is O=C(CN1CCCCS1(=O)=O)NCCc1ccccc1. The van der Waals surface area contributed by atoms with E-state index in [0.717, 1.165) is 18.4 Å². The largest absolute Gasteiger partial charge is 0.355 e. The Kier molecular flexibility index (Phi) is 5.14. The van der Waals surface area contributed by atoms with Crippen molar-refractivity contribution in [3.8, 4) is 0 Å². The van der Waals surface area contributed by atoms with E-state index >= 15 is 0 Å². The van der Waals surface area contributed by atoms with Crippen molar-refractivity contribution >= 4 is 15.9 Å². The Balaban J connectivity index is 1.75. The monoisotopic (exact) mass is 296 g/mol. The number of sulfonamides is 1. The third-order valence-electron chi connectivity index (χ3n) is 3.35. The Labute approximate surface area is 120 Å². The summed E-state index contributed by atoms with van der Waals surface area (Å²) in [6.07, 6.45) is 2.27. The normalized spacial score (nSPS) is 18.6. The number of nitrogens with zero attached hydrogens (tertiary/aromatic N) is 1. The van der Waals surface area contributed by atoms with Gasteiger partial charge in [0.25, 0.3) is 0 Å². The first kappa shape index (κ1) is 15.0. The molecule has 1 amide bonds. The van der Waals surface area contributed by atoms with Gasteiger partial charge in [-0.05, 0) is 24.8 Å². The molecule has 0 saturated carbocycles. The minimum atomic E-state index is -3.22. The van der Waals surface area contributed by atoms with Gasteiger partial charge in [0, 0.05) is 13.1 Å². The van der Waals surface area contributed by atoms with Gasteiger partial charge in [-0.2, -0.15) is 4.31 Å².